The SMILES string of the molecule is CCN1CC2(CCC1=O)CCN([C@@H](C)C(=O)NCc1ccccc1)CC2. The average Bonchev–Trinajstić information content (AvgIpc) is 2.69. The van der Waals surface area contributed by atoms with E-state index in [0.717, 1.165) is 51.0 Å². The zero-order valence-corrected chi connectivity index (χ0v) is 16.0. The van der Waals surface area contributed by atoms with Crippen LogP contribution in [-0.2, 0) is 16.1 Å². The van der Waals surface area contributed by atoms with E-state index in [-0.39, 0.29) is 17.4 Å². The predicted octanol–water partition coefficient (Wildman–Crippen LogP) is 2.42. The summed E-state index contributed by atoms with van der Waals surface area (Å²) in [6.45, 7) is 8.21. The Kier molecular flexibility index (Phi) is 5.97. The van der Waals surface area contributed by atoms with Crippen molar-refractivity contribution in [2.75, 3.05) is 26.2 Å². The number of carbonyl (C=O) groups excluding carboxylic acids is 2. The number of likely N-dealkylation sites (tertiary alicyclic amines) is 2. The molecule has 1 atom stereocenters. The van der Waals surface area contributed by atoms with Gasteiger partial charge in [-0.2, -0.15) is 0 Å². The Labute approximate surface area is 156 Å². The number of hydrogen-bond donors (Lipinski definition) is 1. The lowest BCUT2D eigenvalue weighted by molar-refractivity contribution is -0.139. The molecule has 0 bridgehead atoms. The van der Waals surface area contributed by atoms with Crippen molar-refractivity contribution in [1.82, 2.24) is 15.1 Å². The first-order chi connectivity index (χ1) is 12.5. The van der Waals surface area contributed by atoms with E-state index in [4.69, 9.17) is 0 Å². The fraction of sp³-hybridized carbons (Fsp3) is 0.619. The minimum absolute atomic E-state index is 0.0961. The Hall–Kier alpha value is -1.88. The molecule has 2 aliphatic heterocycles. The summed E-state index contributed by atoms with van der Waals surface area (Å²) in [4.78, 5) is 28.8. The van der Waals surface area contributed by atoms with Crippen molar-refractivity contribution in [2.45, 2.75) is 52.1 Å². The molecule has 0 aliphatic carbocycles. The maximum absolute atomic E-state index is 12.5. The van der Waals surface area contributed by atoms with Crippen LogP contribution < -0.4 is 5.32 Å². The molecule has 3 rings (SSSR count). The van der Waals surface area contributed by atoms with Crippen molar-refractivity contribution in [3.8, 4) is 0 Å². The maximum Gasteiger partial charge on any atom is 0.237 e. The number of benzene rings is 1. The van der Waals surface area contributed by atoms with Gasteiger partial charge in [-0.25, -0.2) is 0 Å². The molecule has 0 saturated carbocycles. The van der Waals surface area contributed by atoms with Gasteiger partial charge < -0.3 is 10.2 Å². The minimum atomic E-state index is -0.108. The summed E-state index contributed by atoms with van der Waals surface area (Å²) in [5.74, 6) is 0.396. The molecule has 0 unspecified atom stereocenters. The van der Waals surface area contributed by atoms with Gasteiger partial charge in [-0.3, -0.25) is 14.5 Å². The number of nitrogens with zero attached hydrogens (tertiary/aromatic N) is 2. The van der Waals surface area contributed by atoms with Gasteiger partial charge in [0, 0.05) is 26.1 Å². The van der Waals surface area contributed by atoms with E-state index in [9.17, 15) is 9.59 Å². The van der Waals surface area contributed by atoms with E-state index >= 15 is 0 Å². The third kappa shape index (κ3) is 4.26. The van der Waals surface area contributed by atoms with E-state index in [2.05, 4.69) is 17.1 Å². The van der Waals surface area contributed by atoms with Crippen LogP contribution in [0.3, 0.4) is 0 Å². The van der Waals surface area contributed by atoms with Crippen LogP contribution in [-0.4, -0.2) is 53.8 Å². The molecule has 1 spiro atoms. The number of amides is 2. The molecular formula is C21H31N3O2. The molecular weight excluding hydrogens is 326 g/mol. The summed E-state index contributed by atoms with van der Waals surface area (Å²) in [6, 6.07) is 9.91. The normalized spacial score (nSPS) is 21.6. The van der Waals surface area contributed by atoms with Crippen molar-refractivity contribution in [1.29, 1.82) is 0 Å². The minimum Gasteiger partial charge on any atom is -0.351 e. The predicted molar refractivity (Wildman–Crippen MR) is 102 cm³/mol. The van der Waals surface area contributed by atoms with E-state index in [1.54, 1.807) is 0 Å². The van der Waals surface area contributed by atoms with Crippen molar-refractivity contribution in [2.24, 2.45) is 5.41 Å². The maximum atomic E-state index is 12.5. The van der Waals surface area contributed by atoms with Crippen LogP contribution in [0.1, 0.15) is 45.1 Å². The molecule has 1 aromatic carbocycles. The fourth-order valence-electron chi connectivity index (χ4n) is 4.28. The molecule has 2 saturated heterocycles. The highest BCUT2D eigenvalue weighted by atomic mass is 16.2. The lowest BCUT2D eigenvalue weighted by Gasteiger charge is -2.48. The first-order valence-corrected chi connectivity index (χ1v) is 9.86. The summed E-state index contributed by atoms with van der Waals surface area (Å²) in [5.41, 5.74) is 1.39. The molecule has 26 heavy (non-hydrogen) atoms. The quantitative estimate of drug-likeness (QED) is 0.880. The van der Waals surface area contributed by atoms with Gasteiger partial charge in [0.2, 0.25) is 11.8 Å². The van der Waals surface area contributed by atoms with Gasteiger partial charge in [-0.1, -0.05) is 30.3 Å². The third-order valence-corrected chi connectivity index (χ3v) is 6.23. The zero-order valence-electron chi connectivity index (χ0n) is 16.0. The molecule has 142 valence electrons. The lowest BCUT2D eigenvalue weighted by atomic mass is 9.72. The van der Waals surface area contributed by atoms with Gasteiger partial charge in [-0.05, 0) is 57.2 Å². The summed E-state index contributed by atoms with van der Waals surface area (Å²) in [5, 5.41) is 3.06. The van der Waals surface area contributed by atoms with Crippen molar-refractivity contribution in [3.05, 3.63) is 35.9 Å². The molecule has 0 radical (unpaired) electrons. The molecule has 2 fully saturated rings. The second kappa shape index (κ2) is 8.21. The van der Waals surface area contributed by atoms with Crippen LogP contribution in [0.15, 0.2) is 30.3 Å². The fourth-order valence-corrected chi connectivity index (χ4v) is 4.28. The van der Waals surface area contributed by atoms with Crippen molar-refractivity contribution < 1.29 is 9.59 Å². The number of hydrogen-bond acceptors (Lipinski definition) is 3. The molecule has 2 amide bonds. The Balaban J connectivity index is 1.49. The van der Waals surface area contributed by atoms with E-state index < -0.39 is 0 Å². The molecule has 1 aromatic rings. The zero-order chi connectivity index (χ0) is 18.6. The summed E-state index contributed by atoms with van der Waals surface area (Å²) >= 11 is 0. The van der Waals surface area contributed by atoms with E-state index in [1.807, 2.05) is 42.2 Å². The lowest BCUT2D eigenvalue weighted by Crippen LogP contribution is -2.54. The molecule has 1 N–H and O–H groups in total. The van der Waals surface area contributed by atoms with Gasteiger partial charge in [-0.15, -0.1) is 0 Å². The van der Waals surface area contributed by atoms with Crippen LogP contribution >= 0.6 is 0 Å². The largest absolute Gasteiger partial charge is 0.351 e. The third-order valence-electron chi connectivity index (χ3n) is 6.23. The second-order valence-electron chi connectivity index (χ2n) is 7.82. The summed E-state index contributed by atoms with van der Waals surface area (Å²) < 4.78 is 0. The highest BCUT2D eigenvalue weighted by Crippen LogP contribution is 2.40. The van der Waals surface area contributed by atoms with Gasteiger partial charge >= 0.3 is 0 Å². The number of rotatable bonds is 5. The standard InChI is InChI=1S/C21H31N3O2/c1-3-23-16-21(10-9-19(23)25)11-13-24(14-12-21)17(2)20(26)22-15-18-7-5-4-6-8-18/h4-8,17H,3,9-16H2,1-2H3,(H,22,26)/t17-/m0/s1. The topological polar surface area (TPSA) is 52.7 Å². The van der Waals surface area contributed by atoms with Gasteiger partial charge in [0.05, 0.1) is 6.04 Å². The number of piperidine rings is 2. The van der Waals surface area contributed by atoms with Crippen LogP contribution in [0.5, 0.6) is 0 Å². The van der Waals surface area contributed by atoms with Gasteiger partial charge in [0.1, 0.15) is 0 Å². The molecule has 0 aromatic heterocycles. The first kappa shape index (κ1) is 18.9. The monoisotopic (exact) mass is 357 g/mol. The van der Waals surface area contributed by atoms with Crippen LogP contribution in [0.2, 0.25) is 0 Å². The smallest absolute Gasteiger partial charge is 0.237 e. The first-order valence-electron chi connectivity index (χ1n) is 9.86. The summed E-state index contributed by atoms with van der Waals surface area (Å²) in [7, 11) is 0. The number of carbonyl (C=O) groups is 2. The Bertz CT molecular complexity index is 623. The van der Waals surface area contributed by atoms with Crippen LogP contribution in [0.4, 0.5) is 0 Å². The Morgan fingerprint density at radius 3 is 2.54 bits per heavy atom. The highest BCUT2D eigenvalue weighted by molar-refractivity contribution is 5.81. The second-order valence-corrected chi connectivity index (χ2v) is 7.82. The average molecular weight is 357 g/mol. The molecule has 5 nitrogen and oxygen atoms in total. The molecule has 2 heterocycles. The highest BCUT2D eigenvalue weighted by Gasteiger charge is 2.41. The van der Waals surface area contributed by atoms with Crippen molar-refractivity contribution >= 4 is 11.8 Å². The van der Waals surface area contributed by atoms with Gasteiger partial charge in [0.15, 0.2) is 0 Å². The van der Waals surface area contributed by atoms with Crippen LogP contribution in [0.25, 0.3) is 0 Å². The van der Waals surface area contributed by atoms with Crippen molar-refractivity contribution in [3.63, 3.8) is 0 Å². The van der Waals surface area contributed by atoms with Crippen LogP contribution in [0, 0.1) is 5.41 Å². The van der Waals surface area contributed by atoms with E-state index in [0.29, 0.717) is 18.9 Å². The number of nitrogens with one attached hydrogen (secondary N) is 1. The Morgan fingerprint density at radius 1 is 1.19 bits per heavy atom. The van der Waals surface area contributed by atoms with Gasteiger partial charge in [0.25, 0.3) is 0 Å². The molecule has 5 heteroatoms. The van der Waals surface area contributed by atoms with E-state index in [1.165, 1.54) is 0 Å². The Morgan fingerprint density at radius 2 is 1.88 bits per heavy atom. The molecule has 2 aliphatic rings. The summed E-state index contributed by atoms with van der Waals surface area (Å²) in [6.07, 6.45) is 3.84.